The van der Waals surface area contributed by atoms with E-state index in [0.717, 1.165) is 17.8 Å². The van der Waals surface area contributed by atoms with Crippen LogP contribution in [-0.2, 0) is 4.79 Å². The van der Waals surface area contributed by atoms with Crippen molar-refractivity contribution in [2.24, 2.45) is 0 Å². The summed E-state index contributed by atoms with van der Waals surface area (Å²) in [7, 11) is 0. The summed E-state index contributed by atoms with van der Waals surface area (Å²) in [5.74, 6) is -1.18. The van der Waals surface area contributed by atoms with Crippen LogP contribution in [0, 0.1) is 25.5 Å². The Morgan fingerprint density at radius 2 is 1.97 bits per heavy atom. The second-order valence-corrected chi connectivity index (χ2v) is 7.12. The molecule has 1 atom stereocenters. The molecule has 31 heavy (non-hydrogen) atoms. The lowest BCUT2D eigenvalue weighted by Gasteiger charge is -2.12. The van der Waals surface area contributed by atoms with Crippen molar-refractivity contribution in [3.8, 4) is 11.3 Å². The summed E-state index contributed by atoms with van der Waals surface area (Å²) < 4.78 is 30.1. The van der Waals surface area contributed by atoms with Crippen LogP contribution in [0.25, 0.3) is 16.8 Å². The molecule has 158 valence electrons. The lowest BCUT2D eigenvalue weighted by molar-refractivity contribution is -0.124. The quantitative estimate of drug-likeness (QED) is 0.466. The first-order chi connectivity index (χ1) is 14.8. The number of aryl methyl sites for hydroxylation is 2. The highest BCUT2D eigenvalue weighted by molar-refractivity contribution is 5.95. The van der Waals surface area contributed by atoms with Crippen molar-refractivity contribution in [3.63, 3.8) is 0 Å². The molecule has 0 spiro atoms. The van der Waals surface area contributed by atoms with E-state index in [9.17, 15) is 18.7 Å². The highest BCUT2D eigenvalue weighted by Gasteiger charge is 2.21. The Labute approximate surface area is 176 Å². The molecule has 0 aliphatic heterocycles. The van der Waals surface area contributed by atoms with Crippen molar-refractivity contribution in [1.29, 1.82) is 0 Å². The molecule has 0 unspecified atom stereocenters. The molecule has 1 amide bonds. The number of amides is 1. The minimum Gasteiger partial charge on any atom is -0.382 e. The Kier molecular flexibility index (Phi) is 5.12. The number of hydrogen-bond donors (Lipinski definition) is 3. The molecule has 4 aromatic rings. The predicted molar refractivity (Wildman–Crippen MR) is 112 cm³/mol. The third kappa shape index (κ3) is 3.71. The second kappa shape index (κ2) is 7.77. The third-order valence-electron chi connectivity index (χ3n) is 4.94. The van der Waals surface area contributed by atoms with Gasteiger partial charge in [-0.05, 0) is 49.7 Å². The molecule has 0 fully saturated rings. The highest BCUT2D eigenvalue weighted by Crippen LogP contribution is 2.32. The van der Waals surface area contributed by atoms with Crippen molar-refractivity contribution in [2.75, 3.05) is 11.1 Å². The number of hydrogen-bond acceptors (Lipinski definition) is 5. The van der Waals surface area contributed by atoms with Gasteiger partial charge in [-0.1, -0.05) is 12.1 Å². The molecule has 4 N–H and O–H groups in total. The van der Waals surface area contributed by atoms with Gasteiger partial charge < -0.3 is 16.2 Å². The Balaban J connectivity index is 1.65. The van der Waals surface area contributed by atoms with Gasteiger partial charge in [0.25, 0.3) is 5.91 Å². The standard InChI is InChI=1S/C22H19F2N5O2/c1-11-10-26-21(25)19-18(27-12(2)29(11)19)16-7-6-15(9-17(16)24)28-22(31)20(30)13-4-3-5-14(23)8-13/h3-10,20,30H,1-2H3,(H2,25,26)(H,28,31)/t20-/m1/s1. The molecule has 9 heteroatoms. The van der Waals surface area contributed by atoms with Gasteiger partial charge in [0.2, 0.25) is 0 Å². The van der Waals surface area contributed by atoms with Crippen LogP contribution in [0.5, 0.6) is 0 Å². The number of benzene rings is 2. The van der Waals surface area contributed by atoms with Gasteiger partial charge in [-0.25, -0.2) is 18.7 Å². The first-order valence-electron chi connectivity index (χ1n) is 9.40. The number of nitrogens with zero attached hydrogens (tertiary/aromatic N) is 3. The summed E-state index contributed by atoms with van der Waals surface area (Å²) in [4.78, 5) is 20.9. The number of fused-ring (bicyclic) bond motifs is 1. The average molecular weight is 423 g/mol. The number of aromatic nitrogens is 3. The molecular formula is C22H19F2N5O2. The zero-order valence-corrected chi connectivity index (χ0v) is 16.7. The van der Waals surface area contributed by atoms with E-state index in [4.69, 9.17) is 5.73 Å². The predicted octanol–water partition coefficient (Wildman–Crippen LogP) is 3.55. The van der Waals surface area contributed by atoms with Gasteiger partial charge in [0, 0.05) is 23.1 Å². The number of nitrogens with one attached hydrogen (secondary N) is 1. The number of nitrogens with two attached hydrogens (primary N) is 1. The van der Waals surface area contributed by atoms with Crippen LogP contribution < -0.4 is 11.1 Å². The summed E-state index contributed by atoms with van der Waals surface area (Å²) in [6.45, 7) is 3.63. The average Bonchev–Trinajstić information content (AvgIpc) is 3.08. The Hall–Kier alpha value is -3.85. The van der Waals surface area contributed by atoms with E-state index in [1.165, 1.54) is 30.3 Å². The van der Waals surface area contributed by atoms with Crippen molar-refractivity contribution in [2.45, 2.75) is 20.0 Å². The van der Waals surface area contributed by atoms with E-state index < -0.39 is 23.6 Å². The van der Waals surface area contributed by atoms with Crippen molar-refractivity contribution in [1.82, 2.24) is 14.4 Å². The molecule has 4 rings (SSSR count). The Bertz CT molecular complexity index is 1320. The monoisotopic (exact) mass is 423 g/mol. The number of carbonyl (C=O) groups excluding carboxylic acids is 1. The van der Waals surface area contributed by atoms with Gasteiger partial charge in [-0.3, -0.25) is 9.20 Å². The van der Waals surface area contributed by atoms with Crippen LogP contribution in [-0.4, -0.2) is 25.4 Å². The summed E-state index contributed by atoms with van der Waals surface area (Å²) in [5, 5.41) is 12.6. The van der Waals surface area contributed by atoms with Crippen LogP contribution >= 0.6 is 0 Å². The van der Waals surface area contributed by atoms with Gasteiger partial charge in [0.1, 0.15) is 34.5 Å². The molecule has 2 heterocycles. The van der Waals surface area contributed by atoms with E-state index in [1.807, 2.05) is 6.92 Å². The summed E-state index contributed by atoms with van der Waals surface area (Å²) >= 11 is 0. The van der Waals surface area contributed by atoms with Crippen LogP contribution in [0.3, 0.4) is 0 Å². The summed E-state index contributed by atoms with van der Waals surface area (Å²) in [6, 6.07) is 9.12. The molecule has 0 radical (unpaired) electrons. The largest absolute Gasteiger partial charge is 0.382 e. The lowest BCUT2D eigenvalue weighted by Crippen LogP contribution is -2.21. The van der Waals surface area contributed by atoms with Crippen LogP contribution in [0.1, 0.15) is 23.2 Å². The fourth-order valence-corrected chi connectivity index (χ4v) is 3.49. The number of aliphatic hydroxyl groups excluding tert-OH is 1. The van der Waals surface area contributed by atoms with E-state index in [2.05, 4.69) is 15.3 Å². The molecular weight excluding hydrogens is 404 g/mol. The fraction of sp³-hybridized carbons (Fsp3) is 0.136. The maximum absolute atomic E-state index is 15.0. The first-order valence-corrected chi connectivity index (χ1v) is 9.40. The molecule has 0 aliphatic rings. The molecule has 0 bridgehead atoms. The SMILES string of the molecule is Cc1cnc(N)c2c(-c3ccc(NC(=O)[C@H](O)c4cccc(F)c4)cc3F)nc(C)n12. The van der Waals surface area contributed by atoms with E-state index >= 15 is 0 Å². The zero-order chi connectivity index (χ0) is 22.3. The van der Waals surface area contributed by atoms with Crippen LogP contribution in [0.4, 0.5) is 20.3 Å². The number of aliphatic hydroxyl groups is 1. The lowest BCUT2D eigenvalue weighted by atomic mass is 10.1. The molecule has 0 aliphatic carbocycles. The zero-order valence-electron chi connectivity index (χ0n) is 16.7. The second-order valence-electron chi connectivity index (χ2n) is 7.12. The van der Waals surface area contributed by atoms with Crippen LogP contribution in [0.15, 0.2) is 48.7 Å². The first kappa shape index (κ1) is 20.4. The fourth-order valence-electron chi connectivity index (χ4n) is 3.49. The Morgan fingerprint density at radius 3 is 2.68 bits per heavy atom. The minimum absolute atomic E-state index is 0.0906. The molecule has 7 nitrogen and oxygen atoms in total. The van der Waals surface area contributed by atoms with Crippen molar-refractivity contribution in [3.05, 3.63) is 77.4 Å². The van der Waals surface area contributed by atoms with Gasteiger partial charge in [0.15, 0.2) is 6.10 Å². The minimum atomic E-state index is -1.60. The molecule has 0 saturated carbocycles. The highest BCUT2D eigenvalue weighted by atomic mass is 19.1. The van der Waals surface area contributed by atoms with Gasteiger partial charge >= 0.3 is 0 Å². The van der Waals surface area contributed by atoms with E-state index in [1.54, 1.807) is 17.5 Å². The molecule has 0 saturated heterocycles. The number of carbonyl (C=O) groups is 1. The van der Waals surface area contributed by atoms with E-state index in [-0.39, 0.29) is 22.6 Å². The van der Waals surface area contributed by atoms with Gasteiger partial charge in [0.05, 0.1) is 0 Å². The number of rotatable bonds is 4. The summed E-state index contributed by atoms with van der Waals surface area (Å²) in [5.41, 5.74) is 8.06. The maximum Gasteiger partial charge on any atom is 0.257 e. The van der Waals surface area contributed by atoms with Crippen molar-refractivity contribution >= 4 is 22.9 Å². The molecule has 2 aromatic heterocycles. The topological polar surface area (TPSA) is 106 Å². The van der Waals surface area contributed by atoms with Gasteiger partial charge in [-0.15, -0.1) is 0 Å². The maximum atomic E-state index is 15.0. The van der Waals surface area contributed by atoms with Crippen molar-refractivity contribution < 1.29 is 18.7 Å². The van der Waals surface area contributed by atoms with E-state index in [0.29, 0.717) is 17.0 Å². The Morgan fingerprint density at radius 1 is 1.19 bits per heavy atom. The normalized spacial score (nSPS) is 12.2. The molecule has 2 aromatic carbocycles. The number of imidazole rings is 1. The number of halogens is 2. The van der Waals surface area contributed by atoms with Crippen LogP contribution in [0.2, 0.25) is 0 Å². The van der Waals surface area contributed by atoms with Gasteiger partial charge in [-0.2, -0.15) is 0 Å². The number of anilines is 2. The number of nitrogen functional groups attached to an aromatic ring is 1. The summed E-state index contributed by atoms with van der Waals surface area (Å²) in [6.07, 6.45) is 0.00620. The third-order valence-corrected chi connectivity index (χ3v) is 4.94. The smallest absolute Gasteiger partial charge is 0.257 e.